The lowest BCUT2D eigenvalue weighted by molar-refractivity contribution is -0.0446. The number of carbonyl (C=O) groups is 1. The fraction of sp³-hybridized carbons (Fsp3) is 0.125. The van der Waals surface area contributed by atoms with E-state index in [0.717, 1.165) is 0 Å². The molecule has 1 rings (SSSR count). The zero-order chi connectivity index (χ0) is 16.7. The summed E-state index contributed by atoms with van der Waals surface area (Å²) in [6.07, 6.45) is 0. The third kappa shape index (κ3) is 2.91. The van der Waals surface area contributed by atoms with Gasteiger partial charge in [0.05, 0.1) is 0 Å². The highest BCUT2D eigenvalue weighted by Gasteiger charge is 2.47. The van der Waals surface area contributed by atoms with Gasteiger partial charge in [0.15, 0.2) is 23.3 Å². The Labute approximate surface area is 110 Å². The minimum absolute atomic E-state index is 0.141. The van der Waals surface area contributed by atoms with Crippen LogP contribution in [0.15, 0.2) is 0 Å². The lowest BCUT2D eigenvalue weighted by atomic mass is 10.1. The van der Waals surface area contributed by atoms with Crippen LogP contribution in [0.2, 0.25) is 0 Å². The normalized spacial score (nSPS) is 12.4. The summed E-state index contributed by atoms with van der Waals surface area (Å²) in [6, 6.07) is 0. The Morgan fingerprint density at radius 3 is 1.48 bits per heavy atom. The molecule has 0 atom stereocenters. The minimum Gasteiger partial charge on any atom is -0.268 e. The van der Waals surface area contributed by atoms with Crippen LogP contribution in [0.1, 0.15) is 10.4 Å². The summed E-state index contributed by atoms with van der Waals surface area (Å²) in [5, 5.41) is 0. The van der Waals surface area contributed by atoms with E-state index in [0.29, 0.717) is 0 Å². The van der Waals surface area contributed by atoms with Gasteiger partial charge in [0, 0.05) is 0 Å². The molecule has 118 valence electrons. The van der Waals surface area contributed by atoms with E-state index < -0.39 is 56.1 Å². The van der Waals surface area contributed by atoms with Crippen LogP contribution < -0.4 is 4.72 Å². The van der Waals surface area contributed by atoms with Gasteiger partial charge in [0.1, 0.15) is 5.56 Å². The molecule has 0 unspecified atom stereocenters. The van der Waals surface area contributed by atoms with E-state index in [9.17, 15) is 48.3 Å². The van der Waals surface area contributed by atoms with Crippen molar-refractivity contribution in [1.29, 1.82) is 0 Å². The Bertz CT molecular complexity index is 682. The first-order valence-corrected chi connectivity index (χ1v) is 5.94. The molecule has 4 nitrogen and oxygen atoms in total. The molecule has 21 heavy (non-hydrogen) atoms. The number of benzene rings is 1. The van der Waals surface area contributed by atoms with E-state index in [2.05, 4.69) is 0 Å². The van der Waals surface area contributed by atoms with Crippen LogP contribution in [0.5, 0.6) is 0 Å². The Morgan fingerprint density at radius 2 is 1.14 bits per heavy atom. The lowest BCUT2D eigenvalue weighted by Crippen LogP contribution is -2.41. The molecule has 0 saturated heterocycles. The van der Waals surface area contributed by atoms with E-state index in [1.54, 1.807) is 0 Å². The molecule has 0 aliphatic heterocycles. The zero-order valence-corrected chi connectivity index (χ0v) is 9.97. The molecule has 1 aromatic rings. The molecule has 0 spiro atoms. The van der Waals surface area contributed by atoms with Crippen molar-refractivity contribution in [2.75, 3.05) is 0 Å². The van der Waals surface area contributed by atoms with Gasteiger partial charge < -0.3 is 0 Å². The lowest BCUT2D eigenvalue weighted by Gasteiger charge is -2.11. The van der Waals surface area contributed by atoms with E-state index >= 15 is 0 Å². The van der Waals surface area contributed by atoms with Crippen molar-refractivity contribution >= 4 is 15.9 Å². The van der Waals surface area contributed by atoms with E-state index in [1.807, 2.05) is 0 Å². The largest absolute Gasteiger partial charge is 0.516 e. The fourth-order valence-corrected chi connectivity index (χ4v) is 1.50. The number of nitrogens with one attached hydrogen (secondary N) is 1. The van der Waals surface area contributed by atoms with Crippen LogP contribution in [0.3, 0.4) is 0 Å². The molecule has 1 amide bonds. The summed E-state index contributed by atoms with van der Waals surface area (Å²) in [5.74, 6) is -16.1. The van der Waals surface area contributed by atoms with Gasteiger partial charge in [-0.05, 0) is 0 Å². The Hall–Kier alpha value is -1.92. The number of sulfonamides is 1. The highest BCUT2D eigenvalue weighted by Crippen LogP contribution is 2.25. The number of hydrogen-bond acceptors (Lipinski definition) is 3. The number of halogens is 8. The number of hydrogen-bond donors (Lipinski definition) is 1. The average Bonchev–Trinajstić information content (AvgIpc) is 2.32. The summed E-state index contributed by atoms with van der Waals surface area (Å²) >= 11 is 0. The van der Waals surface area contributed by atoms with Gasteiger partial charge in [0.25, 0.3) is 5.91 Å². The van der Waals surface area contributed by atoms with E-state index in [4.69, 9.17) is 0 Å². The number of amides is 1. The highest BCUT2D eigenvalue weighted by atomic mass is 32.2. The van der Waals surface area contributed by atoms with Crippen LogP contribution in [0, 0.1) is 29.1 Å². The van der Waals surface area contributed by atoms with Crippen LogP contribution in [-0.2, 0) is 10.0 Å². The molecule has 0 fully saturated rings. The van der Waals surface area contributed by atoms with Gasteiger partial charge in [-0.25, -0.2) is 26.7 Å². The van der Waals surface area contributed by atoms with Gasteiger partial charge in [-0.1, -0.05) is 0 Å². The van der Waals surface area contributed by atoms with Gasteiger partial charge in [-0.2, -0.15) is 21.6 Å². The van der Waals surface area contributed by atoms with Gasteiger partial charge >= 0.3 is 15.5 Å². The SMILES string of the molecule is O=C(NS(=O)(=O)C(F)(F)F)c1c(F)c(F)c(F)c(F)c1F. The first-order chi connectivity index (χ1) is 9.31. The summed E-state index contributed by atoms with van der Waals surface area (Å²) in [4.78, 5) is 11.0. The smallest absolute Gasteiger partial charge is 0.268 e. The molecule has 0 aliphatic rings. The number of rotatable bonds is 2. The standard InChI is InChI=1S/C8HF8NO3S/c9-2-1(3(10)5(12)6(13)4(2)11)7(18)17-21(19,20)8(14,15)16/h(H,17,18). The van der Waals surface area contributed by atoms with Crippen molar-refractivity contribution in [3.05, 3.63) is 34.6 Å². The van der Waals surface area contributed by atoms with Crippen LogP contribution in [0.4, 0.5) is 35.1 Å². The first kappa shape index (κ1) is 17.1. The molecular weight excluding hydrogens is 342 g/mol. The second-order valence-electron chi connectivity index (χ2n) is 3.33. The molecule has 13 heteroatoms. The molecule has 0 saturated carbocycles. The molecule has 0 aliphatic carbocycles. The van der Waals surface area contributed by atoms with Gasteiger partial charge in [0.2, 0.25) is 5.82 Å². The van der Waals surface area contributed by atoms with E-state index in [1.165, 1.54) is 0 Å². The fourth-order valence-electron chi connectivity index (χ4n) is 1.04. The zero-order valence-electron chi connectivity index (χ0n) is 9.16. The van der Waals surface area contributed by atoms with Crippen LogP contribution in [0.25, 0.3) is 0 Å². The summed E-state index contributed by atoms with van der Waals surface area (Å²) in [5.41, 5.74) is -8.40. The maximum Gasteiger partial charge on any atom is 0.516 e. The monoisotopic (exact) mass is 343 g/mol. The summed E-state index contributed by atoms with van der Waals surface area (Å²) in [7, 11) is -6.39. The quantitative estimate of drug-likeness (QED) is 0.507. The highest BCUT2D eigenvalue weighted by molar-refractivity contribution is 7.90. The molecule has 1 aromatic carbocycles. The van der Waals surface area contributed by atoms with Crippen molar-refractivity contribution < 1.29 is 48.3 Å². The van der Waals surface area contributed by atoms with Gasteiger partial charge in [-0.15, -0.1) is 0 Å². The maximum atomic E-state index is 13.1. The number of alkyl halides is 3. The topological polar surface area (TPSA) is 63.2 Å². The second kappa shape index (κ2) is 5.13. The molecule has 0 aromatic heterocycles. The Balaban J connectivity index is 3.41. The van der Waals surface area contributed by atoms with Crippen molar-refractivity contribution in [3.63, 3.8) is 0 Å². The minimum atomic E-state index is -6.39. The summed E-state index contributed by atoms with van der Waals surface area (Å²) in [6.45, 7) is 0. The maximum absolute atomic E-state index is 13.1. The molecule has 0 heterocycles. The van der Waals surface area contributed by atoms with Crippen molar-refractivity contribution in [1.82, 2.24) is 4.72 Å². The summed E-state index contributed by atoms with van der Waals surface area (Å²) < 4.78 is 121. The van der Waals surface area contributed by atoms with Crippen molar-refractivity contribution in [2.24, 2.45) is 0 Å². The van der Waals surface area contributed by atoms with Crippen molar-refractivity contribution in [2.45, 2.75) is 5.51 Å². The third-order valence-corrected chi connectivity index (χ3v) is 3.03. The average molecular weight is 343 g/mol. The molecular formula is C8HF8NO3S. The Kier molecular flexibility index (Phi) is 4.18. The van der Waals surface area contributed by atoms with Crippen molar-refractivity contribution in [3.8, 4) is 0 Å². The number of carbonyl (C=O) groups excluding carboxylic acids is 1. The third-order valence-electron chi connectivity index (χ3n) is 1.97. The predicted molar refractivity (Wildman–Crippen MR) is 48.7 cm³/mol. The first-order valence-electron chi connectivity index (χ1n) is 4.46. The molecule has 1 N–H and O–H groups in total. The van der Waals surface area contributed by atoms with Crippen LogP contribution in [-0.4, -0.2) is 19.8 Å². The Morgan fingerprint density at radius 1 is 0.810 bits per heavy atom. The molecule has 0 bridgehead atoms. The second-order valence-corrected chi connectivity index (χ2v) is 5.00. The van der Waals surface area contributed by atoms with Crippen LogP contribution >= 0.6 is 0 Å². The van der Waals surface area contributed by atoms with Gasteiger partial charge in [-0.3, -0.25) is 4.79 Å². The molecule has 0 radical (unpaired) electrons. The predicted octanol–water partition coefficient (Wildman–Crippen LogP) is 1.96. The van der Waals surface area contributed by atoms with E-state index in [-0.39, 0.29) is 4.72 Å².